The van der Waals surface area contributed by atoms with Crippen molar-refractivity contribution >= 4 is 5.97 Å². The summed E-state index contributed by atoms with van der Waals surface area (Å²) in [7, 11) is 1.94. The Hall–Kier alpha value is -1.59. The summed E-state index contributed by atoms with van der Waals surface area (Å²) in [5.74, 6) is -0.395. The van der Waals surface area contributed by atoms with Crippen LogP contribution in [0.25, 0.3) is 0 Å². The Bertz CT molecular complexity index is 496. The summed E-state index contributed by atoms with van der Waals surface area (Å²) in [4.78, 5) is 13.4. The molecule has 1 aromatic carbocycles. The van der Waals surface area contributed by atoms with E-state index in [0.717, 1.165) is 24.3 Å². The van der Waals surface area contributed by atoms with Gasteiger partial charge in [-0.05, 0) is 36.6 Å². The topological polar surface area (TPSA) is 70.0 Å². The maximum absolute atomic E-state index is 11.4. The molecular weight excluding hydrogens is 294 g/mol. The van der Waals surface area contributed by atoms with Gasteiger partial charge in [-0.2, -0.15) is 0 Å². The Labute approximate surface area is 138 Å². The quantitative estimate of drug-likeness (QED) is 0.684. The number of aliphatic carboxylic acids is 1. The molecule has 0 bridgehead atoms. The van der Waals surface area contributed by atoms with Crippen LogP contribution in [-0.2, 0) is 11.4 Å². The lowest BCUT2D eigenvalue weighted by Crippen LogP contribution is -2.39. The summed E-state index contributed by atoms with van der Waals surface area (Å²) in [6, 6.07) is 7.39. The summed E-state index contributed by atoms with van der Waals surface area (Å²) >= 11 is 0. The third kappa shape index (κ3) is 7.01. The number of aliphatic hydroxyl groups is 1. The van der Waals surface area contributed by atoms with Crippen molar-refractivity contribution < 1.29 is 19.7 Å². The van der Waals surface area contributed by atoms with Gasteiger partial charge in [-0.1, -0.05) is 32.9 Å². The SMILES string of the molecule is CN(CCCOc1cccc(CO)c1)CC(C(=O)O)C(C)(C)C. The first kappa shape index (κ1) is 19.5. The van der Waals surface area contributed by atoms with Crippen molar-refractivity contribution in [1.82, 2.24) is 4.90 Å². The van der Waals surface area contributed by atoms with Gasteiger partial charge in [0.2, 0.25) is 0 Å². The highest BCUT2D eigenvalue weighted by molar-refractivity contribution is 5.71. The van der Waals surface area contributed by atoms with Gasteiger partial charge in [-0.15, -0.1) is 0 Å². The minimum absolute atomic E-state index is 0.00329. The van der Waals surface area contributed by atoms with Crippen molar-refractivity contribution in [2.45, 2.75) is 33.8 Å². The van der Waals surface area contributed by atoms with E-state index in [4.69, 9.17) is 9.84 Å². The van der Waals surface area contributed by atoms with E-state index in [0.29, 0.717) is 13.2 Å². The summed E-state index contributed by atoms with van der Waals surface area (Å²) in [6.45, 7) is 7.73. The van der Waals surface area contributed by atoms with Gasteiger partial charge >= 0.3 is 5.97 Å². The number of hydrogen-bond donors (Lipinski definition) is 2. The number of aliphatic hydroxyl groups excluding tert-OH is 1. The predicted octanol–water partition coefficient (Wildman–Crippen LogP) is 2.63. The molecule has 0 fully saturated rings. The van der Waals surface area contributed by atoms with Crippen LogP contribution in [-0.4, -0.2) is 47.8 Å². The number of benzene rings is 1. The van der Waals surface area contributed by atoms with Crippen LogP contribution in [0.15, 0.2) is 24.3 Å². The second kappa shape index (κ2) is 8.89. The van der Waals surface area contributed by atoms with Gasteiger partial charge in [-0.3, -0.25) is 4.79 Å². The Morgan fingerprint density at radius 2 is 2.04 bits per heavy atom. The highest BCUT2D eigenvalue weighted by Gasteiger charge is 2.31. The van der Waals surface area contributed by atoms with Gasteiger partial charge in [0, 0.05) is 13.1 Å². The van der Waals surface area contributed by atoms with Gasteiger partial charge in [0.05, 0.1) is 19.1 Å². The van der Waals surface area contributed by atoms with Gasteiger partial charge < -0.3 is 19.8 Å². The third-order valence-electron chi connectivity index (χ3n) is 3.87. The molecule has 130 valence electrons. The minimum Gasteiger partial charge on any atom is -0.494 e. The van der Waals surface area contributed by atoms with Crippen molar-refractivity contribution in [2.75, 3.05) is 26.7 Å². The summed E-state index contributed by atoms with van der Waals surface area (Å²) in [6.07, 6.45) is 0.816. The van der Waals surface area contributed by atoms with Crippen LogP contribution in [0.5, 0.6) is 5.75 Å². The van der Waals surface area contributed by atoms with Gasteiger partial charge in [0.1, 0.15) is 5.75 Å². The number of carboxylic acid groups (broad SMARTS) is 1. The molecule has 0 aliphatic heterocycles. The Kier molecular flexibility index (Phi) is 7.52. The van der Waals surface area contributed by atoms with Crippen molar-refractivity contribution in [1.29, 1.82) is 0 Å². The van der Waals surface area contributed by atoms with Crippen LogP contribution >= 0.6 is 0 Å². The maximum atomic E-state index is 11.4. The molecule has 1 atom stereocenters. The first-order chi connectivity index (χ1) is 10.7. The molecule has 0 aliphatic carbocycles. The number of carbonyl (C=O) groups is 1. The molecule has 2 N–H and O–H groups in total. The van der Waals surface area contributed by atoms with Crippen LogP contribution < -0.4 is 4.74 Å². The fourth-order valence-corrected chi connectivity index (χ4v) is 2.38. The number of ether oxygens (including phenoxy) is 1. The molecular formula is C18H29NO4. The van der Waals surface area contributed by atoms with E-state index in [-0.39, 0.29) is 12.0 Å². The van der Waals surface area contributed by atoms with E-state index in [1.165, 1.54) is 0 Å². The summed E-state index contributed by atoms with van der Waals surface area (Å²) in [5.41, 5.74) is 0.565. The fraction of sp³-hybridized carbons (Fsp3) is 0.611. The lowest BCUT2D eigenvalue weighted by atomic mass is 9.80. The molecule has 0 aliphatic rings. The molecule has 0 aromatic heterocycles. The molecule has 0 saturated heterocycles. The Morgan fingerprint density at radius 3 is 2.61 bits per heavy atom. The zero-order valence-corrected chi connectivity index (χ0v) is 14.6. The average molecular weight is 323 g/mol. The molecule has 0 amide bonds. The van der Waals surface area contributed by atoms with Crippen LogP contribution in [0, 0.1) is 11.3 Å². The first-order valence-corrected chi connectivity index (χ1v) is 7.98. The van der Waals surface area contributed by atoms with Gasteiger partial charge in [0.25, 0.3) is 0 Å². The maximum Gasteiger partial charge on any atom is 0.308 e. The van der Waals surface area contributed by atoms with Crippen molar-refractivity contribution in [3.8, 4) is 5.75 Å². The first-order valence-electron chi connectivity index (χ1n) is 7.98. The van der Waals surface area contributed by atoms with Gasteiger partial charge in [-0.25, -0.2) is 0 Å². The zero-order chi connectivity index (χ0) is 17.5. The van der Waals surface area contributed by atoms with Crippen LogP contribution in [0.4, 0.5) is 0 Å². The minimum atomic E-state index is -0.749. The average Bonchev–Trinajstić information content (AvgIpc) is 2.48. The summed E-state index contributed by atoms with van der Waals surface area (Å²) in [5, 5.41) is 18.4. The van der Waals surface area contributed by atoms with Crippen LogP contribution in [0.2, 0.25) is 0 Å². The molecule has 1 unspecified atom stereocenters. The fourth-order valence-electron chi connectivity index (χ4n) is 2.38. The van der Waals surface area contributed by atoms with E-state index in [9.17, 15) is 9.90 Å². The Morgan fingerprint density at radius 1 is 1.35 bits per heavy atom. The molecule has 5 nitrogen and oxygen atoms in total. The standard InChI is InChI=1S/C18H29NO4/c1-18(2,3)16(17(21)22)12-19(4)9-6-10-23-15-8-5-7-14(11-15)13-20/h5,7-8,11,16,20H,6,9-10,12-13H2,1-4H3,(H,21,22). The smallest absolute Gasteiger partial charge is 0.308 e. The van der Waals surface area contributed by atoms with Crippen LogP contribution in [0.1, 0.15) is 32.8 Å². The van der Waals surface area contributed by atoms with Crippen molar-refractivity contribution in [3.05, 3.63) is 29.8 Å². The number of rotatable bonds is 9. The van der Waals surface area contributed by atoms with E-state index in [1.807, 2.05) is 57.0 Å². The third-order valence-corrected chi connectivity index (χ3v) is 3.87. The highest BCUT2D eigenvalue weighted by Crippen LogP contribution is 2.26. The second-order valence-electron chi connectivity index (χ2n) is 7.03. The number of carboxylic acids is 1. The molecule has 1 aromatic rings. The number of hydrogen-bond acceptors (Lipinski definition) is 4. The molecule has 1 rings (SSSR count). The monoisotopic (exact) mass is 323 g/mol. The second-order valence-corrected chi connectivity index (χ2v) is 7.03. The predicted molar refractivity (Wildman–Crippen MR) is 90.6 cm³/mol. The lowest BCUT2D eigenvalue weighted by molar-refractivity contribution is -0.146. The Balaban J connectivity index is 2.35. The van der Waals surface area contributed by atoms with Gasteiger partial charge in [0.15, 0.2) is 0 Å². The van der Waals surface area contributed by atoms with E-state index < -0.39 is 11.9 Å². The molecule has 0 radical (unpaired) electrons. The van der Waals surface area contributed by atoms with Crippen molar-refractivity contribution in [3.63, 3.8) is 0 Å². The highest BCUT2D eigenvalue weighted by atomic mass is 16.5. The van der Waals surface area contributed by atoms with E-state index in [1.54, 1.807) is 0 Å². The van der Waals surface area contributed by atoms with Crippen molar-refractivity contribution in [2.24, 2.45) is 11.3 Å². The molecule has 0 saturated carbocycles. The normalized spacial score (nSPS) is 13.1. The molecule has 23 heavy (non-hydrogen) atoms. The lowest BCUT2D eigenvalue weighted by Gasteiger charge is -2.30. The van der Waals surface area contributed by atoms with Crippen LogP contribution in [0.3, 0.4) is 0 Å². The molecule has 5 heteroatoms. The van der Waals surface area contributed by atoms with E-state index in [2.05, 4.69) is 0 Å². The molecule has 0 heterocycles. The largest absolute Gasteiger partial charge is 0.494 e. The molecule has 0 spiro atoms. The summed E-state index contributed by atoms with van der Waals surface area (Å²) < 4.78 is 5.66. The number of nitrogens with zero attached hydrogens (tertiary/aromatic N) is 1. The van der Waals surface area contributed by atoms with E-state index >= 15 is 0 Å². The zero-order valence-electron chi connectivity index (χ0n) is 14.6.